The highest BCUT2D eigenvalue weighted by atomic mass is 16.3. The lowest BCUT2D eigenvalue weighted by atomic mass is 9.93. The Labute approximate surface area is 304 Å². The Morgan fingerprint density at radius 3 is 1.19 bits per heavy atom. The van der Waals surface area contributed by atoms with E-state index in [1.54, 1.807) is 0 Å². The molecule has 9 rings (SSSR count). The van der Waals surface area contributed by atoms with Gasteiger partial charge in [-0.1, -0.05) is 158 Å². The second-order valence-corrected chi connectivity index (χ2v) is 13.0. The van der Waals surface area contributed by atoms with Crippen LogP contribution in [0.5, 0.6) is 0 Å². The number of furan rings is 1. The predicted octanol–water partition coefficient (Wildman–Crippen LogP) is 14.2. The quantitative estimate of drug-likeness (QED) is 0.161. The van der Waals surface area contributed by atoms with E-state index < -0.39 is 0 Å². The average molecular weight is 666 g/mol. The molecule has 0 fully saturated rings. The van der Waals surface area contributed by atoms with E-state index in [0.29, 0.717) is 0 Å². The van der Waals surface area contributed by atoms with Gasteiger partial charge in [0.15, 0.2) is 0 Å². The fourth-order valence-corrected chi connectivity index (χ4v) is 7.03. The molecule has 0 aliphatic rings. The topological polar surface area (TPSA) is 16.4 Å². The van der Waals surface area contributed by atoms with Gasteiger partial charge in [-0.3, -0.25) is 0 Å². The third kappa shape index (κ3) is 6.19. The molecule has 0 aliphatic heterocycles. The summed E-state index contributed by atoms with van der Waals surface area (Å²) >= 11 is 0. The van der Waals surface area contributed by atoms with E-state index in [2.05, 4.69) is 205 Å². The predicted molar refractivity (Wildman–Crippen MR) is 218 cm³/mol. The number of hydrogen-bond donors (Lipinski definition) is 0. The van der Waals surface area contributed by atoms with Gasteiger partial charge in [-0.25, -0.2) is 0 Å². The molecule has 0 N–H and O–H groups in total. The van der Waals surface area contributed by atoms with E-state index in [-0.39, 0.29) is 0 Å². The lowest BCUT2D eigenvalue weighted by molar-refractivity contribution is 0.632. The van der Waals surface area contributed by atoms with Gasteiger partial charge in [0.1, 0.15) is 11.3 Å². The first-order valence-electron chi connectivity index (χ1n) is 17.7. The van der Waals surface area contributed by atoms with Crippen LogP contribution < -0.4 is 4.90 Å². The monoisotopic (exact) mass is 665 g/mol. The maximum absolute atomic E-state index is 6.42. The largest absolute Gasteiger partial charge is 0.456 e. The van der Waals surface area contributed by atoms with Crippen molar-refractivity contribution in [1.29, 1.82) is 0 Å². The Morgan fingerprint density at radius 1 is 0.288 bits per heavy atom. The lowest BCUT2D eigenvalue weighted by Crippen LogP contribution is -2.09. The van der Waals surface area contributed by atoms with Crippen molar-refractivity contribution in [2.75, 3.05) is 4.90 Å². The van der Waals surface area contributed by atoms with Crippen LogP contribution in [0.3, 0.4) is 0 Å². The van der Waals surface area contributed by atoms with Crippen LogP contribution in [0.2, 0.25) is 0 Å². The van der Waals surface area contributed by atoms with Crippen molar-refractivity contribution in [2.24, 2.45) is 0 Å². The normalized spacial score (nSPS) is 11.1. The Hall–Kier alpha value is -6.90. The lowest BCUT2D eigenvalue weighted by Gasteiger charge is -2.26. The molecular weight excluding hydrogens is 631 g/mol. The SMILES string of the molecule is c1ccc(-c2ccc(N(c3ccc(-c4ccccc4)cc3)c3ccc(-c4ccc(-c5ccccc5)c(-c5cc6ccccc6o5)c4)cc3)cc2)cc1. The average Bonchev–Trinajstić information content (AvgIpc) is 3.67. The Kier molecular flexibility index (Phi) is 8.24. The molecule has 0 bridgehead atoms. The Morgan fingerprint density at radius 2 is 0.692 bits per heavy atom. The standard InChI is InChI=1S/C50H35NO/c1-4-12-36(13-5-1)38-20-27-44(28-21-38)51(45-29-22-39(23-30-45)37-14-6-2-7-15-37)46-31-24-40(25-32-46)42-26-33-47(41-16-8-3-9-17-41)48(34-42)50-35-43-18-10-11-19-49(43)52-50/h1-35H. The van der Waals surface area contributed by atoms with Crippen molar-refractivity contribution < 1.29 is 4.42 Å². The molecule has 2 heteroatoms. The summed E-state index contributed by atoms with van der Waals surface area (Å²) in [5, 5.41) is 1.10. The van der Waals surface area contributed by atoms with Gasteiger partial charge in [0.2, 0.25) is 0 Å². The fourth-order valence-electron chi connectivity index (χ4n) is 7.03. The van der Waals surface area contributed by atoms with E-state index in [9.17, 15) is 0 Å². The van der Waals surface area contributed by atoms with Crippen LogP contribution in [0, 0.1) is 0 Å². The molecule has 0 saturated heterocycles. The summed E-state index contributed by atoms with van der Waals surface area (Å²) in [5.74, 6) is 0.864. The molecule has 0 saturated carbocycles. The molecule has 0 unspecified atom stereocenters. The van der Waals surface area contributed by atoms with E-state index in [0.717, 1.165) is 61.6 Å². The van der Waals surface area contributed by atoms with Crippen molar-refractivity contribution >= 4 is 28.0 Å². The van der Waals surface area contributed by atoms with Crippen molar-refractivity contribution in [3.63, 3.8) is 0 Å². The summed E-state index contributed by atoms with van der Waals surface area (Å²) in [6.07, 6.45) is 0. The highest BCUT2D eigenvalue weighted by Crippen LogP contribution is 2.40. The number of nitrogens with zero attached hydrogens (tertiary/aromatic N) is 1. The Bertz CT molecular complexity index is 2450. The maximum atomic E-state index is 6.42. The molecule has 0 aliphatic carbocycles. The summed E-state index contributed by atoms with van der Waals surface area (Å²) in [4.78, 5) is 2.33. The van der Waals surface area contributed by atoms with Gasteiger partial charge in [-0.15, -0.1) is 0 Å². The van der Waals surface area contributed by atoms with Crippen molar-refractivity contribution in [3.8, 4) is 55.8 Å². The second-order valence-electron chi connectivity index (χ2n) is 13.0. The molecule has 0 spiro atoms. The van der Waals surface area contributed by atoms with Crippen LogP contribution in [0.25, 0.3) is 66.8 Å². The van der Waals surface area contributed by atoms with E-state index in [4.69, 9.17) is 4.42 Å². The van der Waals surface area contributed by atoms with Crippen molar-refractivity contribution in [2.45, 2.75) is 0 Å². The molecule has 2 nitrogen and oxygen atoms in total. The summed E-state index contributed by atoms with van der Waals surface area (Å²) < 4.78 is 6.42. The Balaban J connectivity index is 1.10. The molecule has 246 valence electrons. The smallest absolute Gasteiger partial charge is 0.136 e. The third-order valence-corrected chi connectivity index (χ3v) is 9.72. The van der Waals surface area contributed by atoms with Crippen LogP contribution >= 0.6 is 0 Å². The zero-order valence-electron chi connectivity index (χ0n) is 28.6. The molecule has 0 atom stereocenters. The molecule has 8 aromatic carbocycles. The van der Waals surface area contributed by atoms with E-state index >= 15 is 0 Å². The van der Waals surface area contributed by atoms with Crippen molar-refractivity contribution in [1.82, 2.24) is 0 Å². The van der Waals surface area contributed by atoms with Gasteiger partial charge in [0, 0.05) is 28.0 Å². The first-order chi connectivity index (χ1) is 25.8. The van der Waals surface area contributed by atoms with Gasteiger partial charge >= 0.3 is 0 Å². The number of anilines is 3. The minimum atomic E-state index is 0.864. The molecule has 1 aromatic heterocycles. The summed E-state index contributed by atoms with van der Waals surface area (Å²) in [6, 6.07) is 75.2. The number of benzene rings is 8. The number of para-hydroxylation sites is 1. The molecule has 0 amide bonds. The van der Waals surface area contributed by atoms with Crippen LogP contribution in [0.15, 0.2) is 217 Å². The van der Waals surface area contributed by atoms with Crippen molar-refractivity contribution in [3.05, 3.63) is 212 Å². The van der Waals surface area contributed by atoms with E-state index in [1.807, 2.05) is 12.1 Å². The highest BCUT2D eigenvalue weighted by molar-refractivity contribution is 5.90. The number of fused-ring (bicyclic) bond motifs is 1. The zero-order valence-corrected chi connectivity index (χ0v) is 28.6. The first-order valence-corrected chi connectivity index (χ1v) is 17.7. The minimum absolute atomic E-state index is 0.864. The first kappa shape index (κ1) is 31.1. The van der Waals surface area contributed by atoms with Gasteiger partial charge in [0.25, 0.3) is 0 Å². The van der Waals surface area contributed by atoms with Crippen LogP contribution in [0.1, 0.15) is 0 Å². The molecular formula is C50H35NO. The number of rotatable bonds is 8. The summed E-state index contributed by atoms with van der Waals surface area (Å²) in [6.45, 7) is 0. The van der Waals surface area contributed by atoms with Gasteiger partial charge in [-0.2, -0.15) is 0 Å². The second kappa shape index (κ2) is 13.8. The number of hydrogen-bond acceptors (Lipinski definition) is 2. The van der Waals surface area contributed by atoms with Gasteiger partial charge < -0.3 is 9.32 Å². The molecule has 9 aromatic rings. The van der Waals surface area contributed by atoms with Crippen LogP contribution in [-0.2, 0) is 0 Å². The highest BCUT2D eigenvalue weighted by Gasteiger charge is 2.16. The zero-order chi connectivity index (χ0) is 34.7. The summed E-state index contributed by atoms with van der Waals surface area (Å²) in [7, 11) is 0. The fraction of sp³-hybridized carbons (Fsp3) is 0. The van der Waals surface area contributed by atoms with Gasteiger partial charge in [0.05, 0.1) is 0 Å². The maximum Gasteiger partial charge on any atom is 0.136 e. The van der Waals surface area contributed by atoms with E-state index in [1.165, 1.54) is 22.3 Å². The minimum Gasteiger partial charge on any atom is -0.456 e. The van der Waals surface area contributed by atoms with Crippen LogP contribution in [-0.4, -0.2) is 0 Å². The molecule has 52 heavy (non-hydrogen) atoms. The third-order valence-electron chi connectivity index (χ3n) is 9.72. The van der Waals surface area contributed by atoms with Crippen LogP contribution in [0.4, 0.5) is 17.1 Å². The van der Waals surface area contributed by atoms with Gasteiger partial charge in [-0.05, 0) is 99.1 Å². The molecule has 1 heterocycles. The summed E-state index contributed by atoms with van der Waals surface area (Å²) in [5.41, 5.74) is 14.6. The molecule has 0 radical (unpaired) electrons.